The molecular weight excluding hydrogens is 271 g/mol. The van der Waals surface area contributed by atoms with E-state index in [1.54, 1.807) is 6.07 Å². The van der Waals surface area contributed by atoms with Crippen molar-refractivity contribution in [3.63, 3.8) is 0 Å². The molecule has 104 valence electrons. The third-order valence-electron chi connectivity index (χ3n) is 5.09. The number of carbonyl (C=O) groups excluding carboxylic acids is 1. The van der Waals surface area contributed by atoms with E-state index in [1.165, 1.54) is 49.2 Å². The quantitative estimate of drug-likeness (QED) is 0.722. The summed E-state index contributed by atoms with van der Waals surface area (Å²) in [6.45, 7) is 0. The fraction of sp³-hybridized carbons (Fsp3) is 0.471. The molecule has 0 amide bonds. The Morgan fingerprint density at radius 3 is 2.90 bits per heavy atom. The van der Waals surface area contributed by atoms with Crippen molar-refractivity contribution in [3.05, 3.63) is 35.0 Å². The number of rotatable bonds is 3. The average Bonchev–Trinajstić information content (AvgIpc) is 3.11. The van der Waals surface area contributed by atoms with Gasteiger partial charge in [-0.15, -0.1) is 11.3 Å². The molecule has 3 heteroatoms. The topological polar surface area (TPSA) is 17.1 Å². The maximum Gasteiger partial charge on any atom is 0.173 e. The molecule has 0 spiro atoms. The molecule has 1 nitrogen and oxygen atoms in total. The highest BCUT2D eigenvalue weighted by molar-refractivity contribution is 7.20. The smallest absolute Gasteiger partial charge is 0.173 e. The van der Waals surface area contributed by atoms with Crippen LogP contribution in [0.25, 0.3) is 10.1 Å². The minimum atomic E-state index is -0.234. The summed E-state index contributed by atoms with van der Waals surface area (Å²) in [7, 11) is 0. The molecule has 1 heterocycles. The van der Waals surface area contributed by atoms with E-state index in [4.69, 9.17) is 0 Å². The van der Waals surface area contributed by atoms with Crippen LogP contribution in [-0.4, -0.2) is 5.78 Å². The van der Waals surface area contributed by atoms with Crippen molar-refractivity contribution in [2.75, 3.05) is 0 Å². The van der Waals surface area contributed by atoms with Crippen molar-refractivity contribution in [3.8, 4) is 0 Å². The summed E-state index contributed by atoms with van der Waals surface area (Å²) in [5.74, 6) is 2.29. The molecule has 0 N–H and O–H groups in total. The van der Waals surface area contributed by atoms with E-state index in [0.29, 0.717) is 12.3 Å². The van der Waals surface area contributed by atoms with Gasteiger partial charge in [0.25, 0.3) is 0 Å². The first-order valence-electron chi connectivity index (χ1n) is 7.41. The average molecular weight is 288 g/mol. The monoisotopic (exact) mass is 288 g/mol. The van der Waals surface area contributed by atoms with E-state index in [9.17, 15) is 9.18 Å². The molecule has 2 fully saturated rings. The fourth-order valence-electron chi connectivity index (χ4n) is 4.12. The zero-order valence-corrected chi connectivity index (χ0v) is 12.1. The van der Waals surface area contributed by atoms with Crippen LogP contribution >= 0.6 is 11.3 Å². The Kier molecular flexibility index (Phi) is 2.92. The molecule has 1 aromatic carbocycles. The molecule has 2 aliphatic rings. The van der Waals surface area contributed by atoms with Gasteiger partial charge in [-0.2, -0.15) is 0 Å². The lowest BCUT2D eigenvalue weighted by Crippen LogP contribution is -2.14. The predicted octanol–water partition coefficient (Wildman–Crippen LogP) is 5.05. The Morgan fingerprint density at radius 1 is 1.25 bits per heavy atom. The van der Waals surface area contributed by atoms with Crippen LogP contribution in [0.1, 0.15) is 41.8 Å². The first-order valence-corrected chi connectivity index (χ1v) is 8.23. The molecule has 1 aromatic heterocycles. The van der Waals surface area contributed by atoms with Gasteiger partial charge in [-0.05, 0) is 66.7 Å². The highest BCUT2D eigenvalue weighted by Gasteiger charge is 2.40. The van der Waals surface area contributed by atoms with E-state index in [0.717, 1.165) is 26.8 Å². The van der Waals surface area contributed by atoms with Crippen LogP contribution < -0.4 is 0 Å². The molecule has 0 aliphatic heterocycles. The zero-order valence-electron chi connectivity index (χ0n) is 11.3. The van der Waals surface area contributed by atoms with Gasteiger partial charge in [0, 0.05) is 11.1 Å². The number of thiophene rings is 1. The second kappa shape index (κ2) is 4.66. The standard InChI is InChI=1S/C17H17FOS/c18-14-3-4-16-13(7-14)9-17(20-16)15(19)8-12-6-10-1-2-11(12)5-10/h3-4,7,9-12H,1-2,5-6,8H2. The number of Topliss-reactive ketones (excluding diaryl/α,β-unsaturated/α-hetero) is 1. The van der Waals surface area contributed by atoms with E-state index in [2.05, 4.69) is 0 Å². The first kappa shape index (κ1) is 12.5. The third-order valence-corrected chi connectivity index (χ3v) is 6.24. The molecule has 20 heavy (non-hydrogen) atoms. The van der Waals surface area contributed by atoms with E-state index >= 15 is 0 Å². The Morgan fingerprint density at radius 2 is 2.15 bits per heavy atom. The summed E-state index contributed by atoms with van der Waals surface area (Å²) in [4.78, 5) is 13.2. The minimum Gasteiger partial charge on any atom is -0.293 e. The maximum atomic E-state index is 13.2. The van der Waals surface area contributed by atoms with Crippen molar-refractivity contribution in [1.29, 1.82) is 0 Å². The van der Waals surface area contributed by atoms with Crippen LogP contribution in [0.2, 0.25) is 0 Å². The largest absolute Gasteiger partial charge is 0.293 e. The number of fused-ring (bicyclic) bond motifs is 3. The van der Waals surface area contributed by atoms with Gasteiger partial charge >= 0.3 is 0 Å². The van der Waals surface area contributed by atoms with Crippen molar-refractivity contribution < 1.29 is 9.18 Å². The Balaban J connectivity index is 1.54. The number of hydrogen-bond donors (Lipinski definition) is 0. The van der Waals surface area contributed by atoms with Crippen LogP contribution in [0.4, 0.5) is 4.39 Å². The van der Waals surface area contributed by atoms with Gasteiger partial charge < -0.3 is 0 Å². The van der Waals surface area contributed by atoms with Crippen LogP contribution in [-0.2, 0) is 0 Å². The molecule has 2 saturated carbocycles. The van der Waals surface area contributed by atoms with Crippen LogP contribution in [0.5, 0.6) is 0 Å². The highest BCUT2D eigenvalue weighted by Crippen LogP contribution is 2.50. The number of halogens is 1. The fourth-order valence-corrected chi connectivity index (χ4v) is 5.11. The molecule has 3 atom stereocenters. The summed E-state index contributed by atoms with van der Waals surface area (Å²) in [5.41, 5.74) is 0. The van der Waals surface area contributed by atoms with Crippen LogP contribution in [0, 0.1) is 23.6 Å². The molecule has 3 unspecified atom stereocenters. The summed E-state index contributed by atoms with van der Waals surface area (Å²) in [5, 5.41) is 0.853. The number of benzene rings is 1. The van der Waals surface area contributed by atoms with Gasteiger partial charge in [0.15, 0.2) is 5.78 Å². The molecule has 0 saturated heterocycles. The Hall–Kier alpha value is -1.22. The molecular formula is C17H17FOS. The molecule has 0 radical (unpaired) electrons. The van der Waals surface area contributed by atoms with Crippen molar-refractivity contribution in [2.24, 2.45) is 17.8 Å². The normalized spacial score (nSPS) is 28.4. The van der Waals surface area contributed by atoms with Crippen molar-refractivity contribution in [1.82, 2.24) is 0 Å². The van der Waals surface area contributed by atoms with Gasteiger partial charge in [-0.1, -0.05) is 6.42 Å². The summed E-state index contributed by atoms with van der Waals surface area (Å²) >= 11 is 1.50. The van der Waals surface area contributed by atoms with E-state index in [-0.39, 0.29) is 11.6 Å². The van der Waals surface area contributed by atoms with Crippen LogP contribution in [0.15, 0.2) is 24.3 Å². The Labute approximate surface area is 121 Å². The maximum absolute atomic E-state index is 13.2. The summed E-state index contributed by atoms with van der Waals surface area (Å²) < 4.78 is 14.2. The number of carbonyl (C=O) groups is 1. The van der Waals surface area contributed by atoms with Gasteiger partial charge in [0.2, 0.25) is 0 Å². The molecule has 4 rings (SSSR count). The predicted molar refractivity (Wildman–Crippen MR) is 79.7 cm³/mol. The lowest BCUT2D eigenvalue weighted by atomic mass is 9.85. The number of ketones is 1. The number of hydrogen-bond acceptors (Lipinski definition) is 2. The highest BCUT2D eigenvalue weighted by atomic mass is 32.1. The second-order valence-electron chi connectivity index (χ2n) is 6.36. The Bertz CT molecular complexity index is 675. The van der Waals surface area contributed by atoms with Gasteiger partial charge in [-0.3, -0.25) is 4.79 Å². The third kappa shape index (κ3) is 2.08. The van der Waals surface area contributed by atoms with E-state index < -0.39 is 0 Å². The van der Waals surface area contributed by atoms with Gasteiger partial charge in [-0.25, -0.2) is 4.39 Å². The van der Waals surface area contributed by atoms with Gasteiger partial charge in [0.05, 0.1) is 4.88 Å². The molecule has 2 aliphatic carbocycles. The summed E-state index contributed by atoms with van der Waals surface area (Å²) in [6.07, 6.45) is 5.97. The lowest BCUT2D eigenvalue weighted by molar-refractivity contribution is 0.0948. The minimum absolute atomic E-state index is 0.234. The van der Waals surface area contributed by atoms with Gasteiger partial charge in [0.1, 0.15) is 5.82 Å². The molecule has 2 aromatic rings. The van der Waals surface area contributed by atoms with E-state index in [1.807, 2.05) is 6.07 Å². The zero-order chi connectivity index (χ0) is 13.7. The lowest BCUT2D eigenvalue weighted by Gasteiger charge is -2.20. The SMILES string of the molecule is O=C(CC1CC2CCC1C2)c1cc2cc(F)ccc2s1. The summed E-state index contributed by atoms with van der Waals surface area (Å²) in [6, 6.07) is 6.60. The van der Waals surface area contributed by atoms with Crippen molar-refractivity contribution in [2.45, 2.75) is 32.1 Å². The van der Waals surface area contributed by atoms with Crippen LogP contribution in [0.3, 0.4) is 0 Å². The first-order chi connectivity index (χ1) is 9.69. The molecule has 2 bridgehead atoms. The van der Waals surface area contributed by atoms with Crippen molar-refractivity contribution >= 4 is 27.2 Å². The second-order valence-corrected chi connectivity index (χ2v) is 7.44.